The van der Waals surface area contributed by atoms with Crippen LogP contribution in [0.25, 0.3) is 43.4 Å². The average Bonchev–Trinajstić information content (AvgIpc) is 1.57. The molecule has 38 heteroatoms. The number of aromatic nitrogens is 6. The molecule has 0 spiro atoms. The summed E-state index contributed by atoms with van der Waals surface area (Å²) in [7, 11) is -7.17. The zero-order valence-corrected chi connectivity index (χ0v) is 78.0. The number of ether oxygens (including phenoxy) is 4. The predicted octanol–water partition coefficient (Wildman–Crippen LogP) is 14.6. The fourth-order valence-corrected chi connectivity index (χ4v) is 21.0. The molecule has 5 amide bonds. The van der Waals surface area contributed by atoms with E-state index >= 15 is 8.78 Å². The molecule has 5 saturated heterocycles. The van der Waals surface area contributed by atoms with Crippen molar-refractivity contribution in [1.82, 2.24) is 59.1 Å². The molecule has 4 aromatic carbocycles. The fourth-order valence-electron chi connectivity index (χ4n) is 18.9. The molecule has 32 nitrogen and oxygen atoms in total. The number of carboxylic acids is 1. The number of alkyl carbamates (subject to hydrolysis) is 2. The van der Waals surface area contributed by atoms with Gasteiger partial charge in [-0.05, 0) is 172 Å². The first-order chi connectivity index (χ1) is 63.5. The van der Waals surface area contributed by atoms with Crippen LogP contribution in [0.15, 0.2) is 139 Å². The minimum absolute atomic E-state index is 0.00847. The molecule has 18 rings (SSSR count). The molecule has 4 saturated carbocycles. The van der Waals surface area contributed by atoms with Gasteiger partial charge in [0.05, 0.1) is 63.4 Å². The van der Waals surface area contributed by atoms with Crippen molar-refractivity contribution in [3.63, 3.8) is 0 Å². The lowest BCUT2D eigenvalue weighted by molar-refractivity contribution is -0.148. The number of carbonyl (C=O) groups excluding carboxylic acids is 8. The summed E-state index contributed by atoms with van der Waals surface area (Å²) in [6.45, 7) is 13.6. The summed E-state index contributed by atoms with van der Waals surface area (Å²) >= 11 is 0. The Balaban J connectivity index is 0.000000163. The van der Waals surface area contributed by atoms with Gasteiger partial charge in [-0.2, -0.15) is 0 Å². The molecule has 8 aromatic rings. The third-order valence-electron chi connectivity index (χ3n) is 26.2. The van der Waals surface area contributed by atoms with Crippen molar-refractivity contribution in [3.8, 4) is 11.8 Å². The number of imidazole rings is 2. The second-order valence-corrected chi connectivity index (χ2v) is 42.8. The van der Waals surface area contributed by atoms with Gasteiger partial charge in [-0.15, -0.1) is 0 Å². The number of hydrogen-bond acceptors (Lipinski definition) is 23. The largest absolute Gasteiger partial charge is 0.481 e. The third-order valence-corrected chi connectivity index (χ3v) is 29.4. The summed E-state index contributed by atoms with van der Waals surface area (Å²) in [5.74, 6) is -10.5. The number of aliphatic carboxylic acids is 1. The Bertz CT molecular complexity index is 5880. The molecule has 134 heavy (non-hydrogen) atoms. The van der Waals surface area contributed by atoms with Crippen LogP contribution < -0.4 is 30.0 Å². The van der Waals surface area contributed by atoms with Crippen LogP contribution in [0.1, 0.15) is 215 Å². The molecule has 0 unspecified atom stereocenters. The smallest absolute Gasteiger partial charge is 0.408 e. The molecule has 722 valence electrons. The normalized spacial score (nSPS) is 25.7. The highest BCUT2D eigenvalue weighted by Crippen LogP contribution is 2.62. The SMILES string of the molecule is C1CCC2=NCCCN2CC1.CC(C)(C)OC(=O)N[C@H]1CCCCCC(F)(F)C[C@@H]2C[C@@]2(C(=O)NS(=O)(=O)C2CC2)CC(=O)[C@@H]2C[C@@H](Oc3nc4ccccc4c4ccccc34)CN2C1=O.CC(C)(C)OC(=O)N[C@H]1CCCCCC(F)(F)C[C@@H]2C[C@@]2(C(=O)O)CC(=O)[C@@H]2C[C@@H](Oc3nc4ccccc4c4ccccc34)CN2C1=O.NS(=O)(=O)C1CC1.O=C(n1ccnc1)n1ccnc1. The highest BCUT2D eigenvalue weighted by molar-refractivity contribution is 7.91. The number of carbonyl (C=O) groups is 9. The topological polar surface area (TPSA) is 425 Å². The van der Waals surface area contributed by atoms with E-state index in [0.717, 1.165) is 51.7 Å². The van der Waals surface area contributed by atoms with E-state index in [1.165, 1.54) is 82.6 Å². The molecule has 6 aliphatic heterocycles. The summed E-state index contributed by atoms with van der Waals surface area (Å²) in [5.41, 5.74) is -3.62. The number of sulfonamides is 2. The standard InChI is InChI=1S/C40H48F2N4O8S.C37H43F2N3O7.C9H16N2.C7H6N4O.C3H7NO2S/c1-38(2,3)54-37(50)44-31-15-5-4-10-18-40(41,42)21-24-20-39(24,36(49)45-55(51,52)26-16-17-26)22-33(47)32-19-25(23-46(32)35(31)48)53-34-29-13-7-6-11-27(29)28-12-8-9-14-30(28)43-34;1-35(2,3)49-34(47)41-28-15-5-4-10-16-37(38,39)19-22-18-36(22,33(45)46)20-30(43)29-17-23(21-42(29)32(28)44)48-31-26-13-7-6-11-24(26)25-12-8-9-14-27(25)40-31;1-2-5-9-10-6-4-8-11(9)7-3-1;12-7(10-3-1-8-5-10)11-4-2-9-6-11;4-7(5,6)3-1-2-3/h6-9,11-14,24-26,31-32H,4-5,10,15-23H2,1-3H3,(H,44,50)(H,45,49);6-9,11-14,22-23,28-29H,4-5,10,15-21H2,1-3H3,(H,41,47)(H,45,46);1-8H2;1-6H;3H,1-2H2,(H2,4,5,6)/t24-,25+,31-,32-,39+;22-,23+,28-,29-,36+;;;/m00.../s1. The number of benzene rings is 4. The Morgan fingerprint density at radius 1 is 0.515 bits per heavy atom. The number of rotatable bonds is 11. The van der Waals surface area contributed by atoms with Gasteiger partial charge in [-0.3, -0.25) is 47.6 Å². The summed E-state index contributed by atoms with van der Waals surface area (Å²) in [6.07, 6.45) is 13.7. The zero-order valence-electron chi connectivity index (χ0n) is 76.4. The van der Waals surface area contributed by atoms with Crippen LogP contribution in [-0.2, 0) is 58.3 Å². The second-order valence-electron chi connectivity index (χ2n) is 39.0. The van der Waals surface area contributed by atoms with Gasteiger partial charge in [0.25, 0.3) is 0 Å². The maximum atomic E-state index is 15.4. The van der Waals surface area contributed by atoms with Gasteiger partial charge in [0.2, 0.25) is 61.4 Å². The highest BCUT2D eigenvalue weighted by Gasteiger charge is 2.66. The fraction of sp³-hybridized carbons (Fsp3) is 0.562. The van der Waals surface area contributed by atoms with Crippen LogP contribution in [0.4, 0.5) is 31.9 Å². The molecule has 10 heterocycles. The highest BCUT2D eigenvalue weighted by atomic mass is 32.2. The molecule has 10 aliphatic rings. The van der Waals surface area contributed by atoms with E-state index in [9.17, 15) is 73.9 Å². The van der Waals surface area contributed by atoms with Gasteiger partial charge in [0.15, 0.2) is 11.6 Å². The number of amidine groups is 1. The van der Waals surface area contributed by atoms with Gasteiger partial charge in [-0.25, -0.2) is 73.9 Å². The summed E-state index contributed by atoms with van der Waals surface area (Å²) in [5, 5.41) is 24.4. The molecule has 0 bridgehead atoms. The Morgan fingerprint density at radius 2 is 0.940 bits per heavy atom. The minimum atomic E-state index is -4.04. The van der Waals surface area contributed by atoms with Crippen molar-refractivity contribution in [2.45, 2.75) is 285 Å². The first kappa shape index (κ1) is 98.7. The number of primary sulfonamides is 1. The van der Waals surface area contributed by atoms with E-state index in [2.05, 4.69) is 35.2 Å². The maximum Gasteiger partial charge on any atom is 0.408 e. The number of nitrogens with two attached hydrogens (primary N) is 1. The monoisotopic (exact) mass is 1900 g/mol. The summed E-state index contributed by atoms with van der Waals surface area (Å²) < 4.78 is 136. The van der Waals surface area contributed by atoms with E-state index in [1.54, 1.807) is 66.3 Å². The van der Waals surface area contributed by atoms with Crippen molar-refractivity contribution >= 4 is 123 Å². The lowest BCUT2D eigenvalue weighted by Gasteiger charge is -2.30. The number of hydrogen-bond donors (Lipinski definition) is 5. The number of aliphatic imine (C=N–C) groups is 1. The first-order valence-corrected chi connectivity index (χ1v) is 49.6. The summed E-state index contributed by atoms with van der Waals surface area (Å²) in [6, 6.07) is 25.7. The first-order valence-electron chi connectivity index (χ1n) is 46.4. The lowest BCUT2D eigenvalue weighted by Crippen LogP contribution is -2.53. The molecular weight excluding hydrogens is 1780 g/mol. The zero-order chi connectivity index (χ0) is 95.9. The van der Waals surface area contributed by atoms with E-state index in [0.29, 0.717) is 61.3 Å². The Morgan fingerprint density at radius 3 is 1.37 bits per heavy atom. The molecule has 0 radical (unpaired) electrons. The number of fused-ring (bicyclic) bond motifs is 11. The quantitative estimate of drug-likeness (QED) is 0.0593. The average molecular weight is 1900 g/mol. The second kappa shape index (κ2) is 41.1. The lowest BCUT2D eigenvalue weighted by atomic mass is 9.89. The van der Waals surface area contributed by atoms with Crippen molar-refractivity contribution < 1.29 is 102 Å². The van der Waals surface area contributed by atoms with Crippen molar-refractivity contribution in [2.24, 2.45) is 32.8 Å². The number of nitrogens with one attached hydrogen (secondary N) is 3. The number of amides is 5. The number of halogens is 4. The third kappa shape index (κ3) is 25.1. The van der Waals surface area contributed by atoms with Crippen LogP contribution in [0.3, 0.4) is 0 Å². The van der Waals surface area contributed by atoms with Gasteiger partial charge in [-0.1, -0.05) is 105 Å². The van der Waals surface area contributed by atoms with Gasteiger partial charge < -0.3 is 49.4 Å². The number of nitrogens with zero attached hydrogens (tertiary/aromatic N) is 10. The number of para-hydroxylation sites is 2. The van der Waals surface area contributed by atoms with Crippen molar-refractivity contribution in [1.29, 1.82) is 0 Å². The van der Waals surface area contributed by atoms with Crippen molar-refractivity contribution in [2.75, 3.05) is 32.7 Å². The van der Waals surface area contributed by atoms with E-state index < -0.39 is 193 Å². The Kier molecular flexibility index (Phi) is 30.3. The molecule has 4 aliphatic carbocycles. The van der Waals surface area contributed by atoms with Crippen LogP contribution in [0.5, 0.6) is 11.8 Å². The Labute approximate surface area is 775 Å². The molecular formula is C96H120F4N14O18S2. The molecule has 4 aromatic heterocycles. The van der Waals surface area contributed by atoms with E-state index in [1.807, 2.05) is 97.1 Å². The van der Waals surface area contributed by atoms with Crippen LogP contribution in [-0.4, -0.2) is 228 Å². The van der Waals surface area contributed by atoms with Crippen LogP contribution in [0, 0.1) is 22.7 Å². The van der Waals surface area contributed by atoms with Crippen LogP contribution in [0.2, 0.25) is 0 Å². The number of carboxylic acid groups (broad SMARTS) is 1. The van der Waals surface area contributed by atoms with Gasteiger partial charge in [0, 0.05) is 124 Å². The number of alkyl halides is 4. The molecule has 10 atom stereocenters. The van der Waals surface area contributed by atoms with Crippen LogP contribution >= 0.6 is 0 Å². The molecule has 9 fully saturated rings. The minimum Gasteiger partial charge on any atom is -0.481 e. The number of pyridine rings is 2. The van der Waals surface area contributed by atoms with Crippen molar-refractivity contribution in [3.05, 3.63) is 135 Å². The number of Topliss-reactive ketones (excluding diaryl/α,β-unsaturated/α-hetero) is 2. The van der Waals surface area contributed by atoms with Gasteiger partial charge in [0.1, 0.15) is 48.1 Å². The summed E-state index contributed by atoms with van der Waals surface area (Å²) in [4.78, 5) is 148. The van der Waals surface area contributed by atoms with E-state index in [-0.39, 0.29) is 75.7 Å². The number of ketones is 2. The van der Waals surface area contributed by atoms with E-state index in [4.69, 9.17) is 34.1 Å². The van der Waals surface area contributed by atoms with Gasteiger partial charge >= 0.3 is 24.2 Å². The predicted molar refractivity (Wildman–Crippen MR) is 491 cm³/mol. The molecule has 6 N–H and O–H groups in total. The maximum absolute atomic E-state index is 15.4. The Hall–Kier alpha value is -11.3.